The van der Waals surface area contributed by atoms with E-state index in [0.29, 0.717) is 11.1 Å². The summed E-state index contributed by atoms with van der Waals surface area (Å²) in [6.07, 6.45) is -3.64. The zero-order valence-electron chi connectivity index (χ0n) is 20.9. The summed E-state index contributed by atoms with van der Waals surface area (Å²) in [5.41, 5.74) is -0.764. The van der Waals surface area contributed by atoms with E-state index in [1.54, 1.807) is 0 Å². The summed E-state index contributed by atoms with van der Waals surface area (Å²) in [7, 11) is -2.31. The third kappa shape index (κ3) is 5.30. The van der Waals surface area contributed by atoms with Gasteiger partial charge >= 0.3 is 17.8 Å². The Bertz CT molecular complexity index is 1700. The quantitative estimate of drug-likeness (QED) is 0.453. The van der Waals surface area contributed by atoms with E-state index in [9.17, 15) is 36.4 Å². The molecular weight excluding hydrogens is 539 g/mol. The first-order valence-corrected chi connectivity index (χ1v) is 13.5. The number of benzene rings is 2. The summed E-state index contributed by atoms with van der Waals surface area (Å²) >= 11 is 0. The van der Waals surface area contributed by atoms with Crippen LogP contribution in [0.4, 0.5) is 24.8 Å². The van der Waals surface area contributed by atoms with E-state index in [1.165, 1.54) is 42.2 Å². The van der Waals surface area contributed by atoms with Crippen LogP contribution in [0.3, 0.4) is 0 Å². The van der Waals surface area contributed by atoms with Crippen molar-refractivity contribution in [2.75, 3.05) is 24.0 Å². The fourth-order valence-electron chi connectivity index (χ4n) is 4.53. The number of rotatable bonds is 6. The van der Waals surface area contributed by atoms with Gasteiger partial charge in [0.2, 0.25) is 5.95 Å². The van der Waals surface area contributed by atoms with Crippen molar-refractivity contribution >= 4 is 27.4 Å². The molecule has 0 saturated heterocycles. The van der Waals surface area contributed by atoms with Crippen LogP contribution in [0.25, 0.3) is 0 Å². The number of aryl methyl sites for hydroxylation is 1. The third-order valence-electron chi connectivity index (χ3n) is 6.29. The van der Waals surface area contributed by atoms with Gasteiger partial charge in [-0.3, -0.25) is 4.90 Å². The minimum absolute atomic E-state index is 0.0143. The number of aromatic nitrogens is 3. The van der Waals surface area contributed by atoms with E-state index in [-0.39, 0.29) is 40.6 Å². The number of hydrogen-bond acceptors (Lipinski definition) is 8. The number of esters is 1. The first-order valence-electron chi connectivity index (χ1n) is 11.4. The summed E-state index contributed by atoms with van der Waals surface area (Å²) in [5, 5.41) is 15.7. The number of aromatic amines is 1. The number of fused-ring (bicyclic) bond motifs is 1. The van der Waals surface area contributed by atoms with Gasteiger partial charge in [-0.1, -0.05) is 12.1 Å². The van der Waals surface area contributed by atoms with Crippen LogP contribution in [0.15, 0.2) is 58.5 Å². The Morgan fingerprint density at radius 3 is 2.56 bits per heavy atom. The van der Waals surface area contributed by atoms with Crippen LogP contribution >= 0.6 is 0 Å². The smallest absolute Gasteiger partial charge is 0.416 e. The lowest BCUT2D eigenvalue weighted by molar-refractivity contribution is -0.138. The number of carbonyl (C=O) groups excluding carboxylic acids is 1. The second-order valence-electron chi connectivity index (χ2n) is 8.88. The maximum atomic E-state index is 13.5. The molecule has 0 aliphatic carbocycles. The fraction of sp³-hybridized carbons (Fsp3) is 0.280. The van der Waals surface area contributed by atoms with Gasteiger partial charge in [-0.25, -0.2) is 27.7 Å². The summed E-state index contributed by atoms with van der Waals surface area (Å²) in [6, 6.07) is 9.52. The fourth-order valence-corrected chi connectivity index (χ4v) is 5.12. The molecular formula is C25H22F3N5O5S. The van der Waals surface area contributed by atoms with E-state index in [1.807, 2.05) is 6.07 Å². The summed E-state index contributed by atoms with van der Waals surface area (Å²) in [5.74, 6) is -1.25. The van der Waals surface area contributed by atoms with E-state index >= 15 is 0 Å². The molecule has 3 aromatic rings. The van der Waals surface area contributed by atoms with Gasteiger partial charge in [0, 0.05) is 17.6 Å². The monoisotopic (exact) mass is 561 g/mol. The van der Waals surface area contributed by atoms with E-state index in [2.05, 4.69) is 10.2 Å². The Labute approximate surface area is 220 Å². The molecule has 0 amide bonds. The van der Waals surface area contributed by atoms with Crippen LogP contribution in [0, 0.1) is 11.3 Å². The van der Waals surface area contributed by atoms with E-state index in [0.717, 1.165) is 30.1 Å². The van der Waals surface area contributed by atoms with Gasteiger partial charge in [0.05, 0.1) is 35.6 Å². The lowest BCUT2D eigenvalue weighted by Gasteiger charge is -2.36. The normalized spacial score (nSPS) is 15.6. The largest absolute Gasteiger partial charge is 0.466 e. The molecule has 1 aliphatic rings. The zero-order valence-corrected chi connectivity index (χ0v) is 21.7. The summed E-state index contributed by atoms with van der Waals surface area (Å²) in [4.78, 5) is 27.5. The number of carbonyl (C=O) groups is 1. The van der Waals surface area contributed by atoms with Crippen molar-refractivity contribution in [3.8, 4) is 6.07 Å². The molecule has 1 N–H and O–H groups in total. The molecule has 0 spiro atoms. The van der Waals surface area contributed by atoms with Crippen molar-refractivity contribution in [2.45, 2.75) is 25.6 Å². The van der Waals surface area contributed by atoms with Crippen molar-refractivity contribution < 1.29 is 31.1 Å². The minimum Gasteiger partial charge on any atom is -0.466 e. The van der Waals surface area contributed by atoms with Crippen LogP contribution in [0.2, 0.25) is 0 Å². The number of allylic oxidation sites excluding steroid dienone is 1. The zero-order chi connectivity index (χ0) is 28.7. The number of halogens is 3. The summed E-state index contributed by atoms with van der Waals surface area (Å²) < 4.78 is 70.4. The van der Waals surface area contributed by atoms with Crippen molar-refractivity contribution in [1.82, 2.24) is 14.8 Å². The van der Waals surface area contributed by atoms with Crippen LogP contribution in [0.1, 0.15) is 35.2 Å². The van der Waals surface area contributed by atoms with Crippen molar-refractivity contribution in [1.29, 1.82) is 5.26 Å². The number of H-pyrrole nitrogens is 1. The number of nitrogens with one attached hydrogen (secondary N) is 1. The minimum atomic E-state index is -4.65. The molecule has 4 rings (SSSR count). The Morgan fingerprint density at radius 1 is 1.23 bits per heavy atom. The van der Waals surface area contributed by atoms with Crippen LogP contribution in [-0.2, 0) is 32.0 Å². The highest BCUT2D eigenvalue weighted by molar-refractivity contribution is 7.90. The van der Waals surface area contributed by atoms with Gasteiger partial charge in [0.15, 0.2) is 0 Å². The standard InChI is InChI=1S/C25H22F3N5O5S/c1-14-20(22(34)38-2)21(19-8-7-15(13-29)11-16(19)9-10-39(3,36)37)33-23(30-31-24(33)35)32(14)18-6-4-5-17(12-18)25(26,27)28/h4-8,11-12,21H,9-10H2,1-3H3,(H,31,35)/t21-/m1/s1. The number of nitrogens with zero attached hydrogens (tertiary/aromatic N) is 4. The van der Waals surface area contributed by atoms with Gasteiger partial charge in [-0.15, -0.1) is 5.10 Å². The maximum Gasteiger partial charge on any atom is 0.416 e. The highest BCUT2D eigenvalue weighted by Gasteiger charge is 2.41. The molecule has 0 bridgehead atoms. The van der Waals surface area contributed by atoms with Gasteiger partial charge in [-0.2, -0.15) is 18.4 Å². The van der Waals surface area contributed by atoms with Gasteiger partial charge in [0.1, 0.15) is 15.9 Å². The lowest BCUT2D eigenvalue weighted by Crippen LogP contribution is -2.38. The molecule has 204 valence electrons. The molecule has 2 heterocycles. The molecule has 1 atom stereocenters. The molecule has 2 aromatic carbocycles. The van der Waals surface area contributed by atoms with E-state index < -0.39 is 39.3 Å². The SMILES string of the molecule is COC(=O)C1=C(C)N(c2cccc(C(F)(F)F)c2)c2n[nH]c(=O)n2[C@@H]1c1ccc(C#N)cc1CCS(C)(=O)=O. The lowest BCUT2D eigenvalue weighted by atomic mass is 9.89. The first kappa shape index (κ1) is 27.6. The van der Waals surface area contributed by atoms with Crippen LogP contribution < -0.4 is 10.6 Å². The maximum absolute atomic E-state index is 13.5. The van der Waals surface area contributed by atoms with Crippen molar-refractivity contribution in [2.24, 2.45) is 0 Å². The summed E-state index contributed by atoms with van der Waals surface area (Å²) in [6.45, 7) is 1.47. The Balaban J connectivity index is 2.01. The molecule has 0 unspecified atom stereocenters. The molecule has 10 nitrogen and oxygen atoms in total. The molecule has 0 fully saturated rings. The van der Waals surface area contributed by atoms with Crippen LogP contribution in [0.5, 0.6) is 0 Å². The number of ether oxygens (including phenoxy) is 1. The number of alkyl halides is 3. The molecule has 0 radical (unpaired) electrons. The Morgan fingerprint density at radius 2 is 1.95 bits per heavy atom. The number of nitriles is 1. The predicted molar refractivity (Wildman–Crippen MR) is 134 cm³/mol. The molecule has 1 aliphatic heterocycles. The molecule has 0 saturated carbocycles. The van der Waals surface area contributed by atoms with Gasteiger partial charge in [-0.05, 0) is 54.8 Å². The second kappa shape index (κ2) is 10.1. The van der Waals surface area contributed by atoms with Gasteiger partial charge in [0.25, 0.3) is 0 Å². The van der Waals surface area contributed by atoms with Gasteiger partial charge < -0.3 is 4.74 Å². The Kier molecular flexibility index (Phi) is 7.14. The predicted octanol–water partition coefficient (Wildman–Crippen LogP) is 3.24. The average Bonchev–Trinajstić information content (AvgIpc) is 3.26. The molecule has 1 aromatic heterocycles. The molecule has 39 heavy (non-hydrogen) atoms. The average molecular weight is 562 g/mol. The second-order valence-corrected chi connectivity index (χ2v) is 11.1. The van der Waals surface area contributed by atoms with Crippen molar-refractivity contribution in [3.05, 3.63) is 86.5 Å². The van der Waals surface area contributed by atoms with Crippen molar-refractivity contribution in [3.63, 3.8) is 0 Å². The number of hydrogen-bond donors (Lipinski definition) is 1. The number of methoxy groups -OCH3 is 1. The topological polar surface area (TPSA) is 138 Å². The first-order chi connectivity index (χ1) is 18.3. The Hall–Kier alpha value is -4.38. The van der Waals surface area contributed by atoms with Crippen LogP contribution in [-0.4, -0.2) is 48.3 Å². The highest BCUT2D eigenvalue weighted by atomic mass is 32.2. The highest BCUT2D eigenvalue weighted by Crippen LogP contribution is 2.43. The molecule has 14 heteroatoms. The number of sulfone groups is 1. The number of anilines is 2. The van der Waals surface area contributed by atoms with E-state index in [4.69, 9.17) is 4.74 Å². The third-order valence-corrected chi connectivity index (χ3v) is 7.23.